The topological polar surface area (TPSA) is 112 Å². The smallest absolute Gasteiger partial charge is 0.349 e. The van der Waals surface area contributed by atoms with E-state index in [-0.39, 0.29) is 5.56 Å². The van der Waals surface area contributed by atoms with Crippen molar-refractivity contribution in [2.75, 3.05) is 12.4 Å². The lowest BCUT2D eigenvalue weighted by Crippen LogP contribution is -2.20. The van der Waals surface area contributed by atoms with E-state index in [0.29, 0.717) is 39.6 Å². The summed E-state index contributed by atoms with van der Waals surface area (Å²) in [7, 11) is 1.49. The van der Waals surface area contributed by atoms with Crippen molar-refractivity contribution in [1.29, 1.82) is 0 Å². The Labute approximate surface area is 181 Å². The van der Waals surface area contributed by atoms with E-state index >= 15 is 0 Å². The van der Waals surface area contributed by atoms with Crippen LogP contribution in [-0.4, -0.2) is 32.8 Å². The molecule has 0 saturated heterocycles. The second-order valence-corrected chi connectivity index (χ2v) is 7.10. The molecular weight excluding hydrogens is 410 g/mol. The van der Waals surface area contributed by atoms with Crippen molar-refractivity contribution in [2.24, 2.45) is 0 Å². The fraction of sp³-hybridized carbons (Fsp3) is 0.0870. The molecule has 1 amide bonds. The van der Waals surface area contributed by atoms with E-state index in [1.54, 1.807) is 40.9 Å². The summed E-state index contributed by atoms with van der Waals surface area (Å²) in [5.74, 6) is 0.525. The third-order valence-electron chi connectivity index (χ3n) is 5.02. The molecule has 0 radical (unpaired) electrons. The van der Waals surface area contributed by atoms with Gasteiger partial charge in [-0.05, 0) is 43.3 Å². The first-order chi connectivity index (χ1) is 15.5. The van der Waals surface area contributed by atoms with Crippen molar-refractivity contribution < 1.29 is 13.9 Å². The van der Waals surface area contributed by atoms with E-state index in [2.05, 4.69) is 20.6 Å². The number of aromatic nitrogens is 4. The van der Waals surface area contributed by atoms with E-state index in [0.717, 1.165) is 5.56 Å². The number of methoxy groups -OCH3 is 1. The molecule has 32 heavy (non-hydrogen) atoms. The van der Waals surface area contributed by atoms with Gasteiger partial charge in [-0.2, -0.15) is 9.61 Å². The first-order valence-corrected chi connectivity index (χ1v) is 9.75. The standard InChI is InChI=1S/C23H17N5O4/c1-13-25-26-20-10-9-18(27-28(13)20)14-5-3-7-16(11-14)24-22(29)17-12-15-6-4-8-19(31-2)21(15)32-23(17)30/h3-12H,1-2H3,(H,24,29). The van der Waals surface area contributed by atoms with Crippen molar-refractivity contribution in [3.8, 4) is 17.0 Å². The van der Waals surface area contributed by atoms with Crippen LogP contribution in [0.4, 0.5) is 5.69 Å². The minimum absolute atomic E-state index is 0.101. The van der Waals surface area contributed by atoms with Crippen LogP contribution in [-0.2, 0) is 0 Å². The number of hydrogen-bond acceptors (Lipinski definition) is 7. The number of rotatable bonds is 4. The van der Waals surface area contributed by atoms with Gasteiger partial charge >= 0.3 is 5.63 Å². The van der Waals surface area contributed by atoms with Gasteiger partial charge in [-0.25, -0.2) is 4.79 Å². The number of benzene rings is 2. The molecule has 5 aromatic rings. The van der Waals surface area contributed by atoms with Gasteiger partial charge in [0.1, 0.15) is 5.56 Å². The van der Waals surface area contributed by atoms with E-state index in [9.17, 15) is 9.59 Å². The Morgan fingerprint density at radius 2 is 1.91 bits per heavy atom. The second-order valence-electron chi connectivity index (χ2n) is 7.10. The first-order valence-electron chi connectivity index (χ1n) is 9.75. The molecular formula is C23H17N5O4. The Hall–Kier alpha value is -4.53. The SMILES string of the molecule is COc1cccc2cc(C(=O)Nc3cccc(-c4ccc5nnc(C)n5n4)c3)c(=O)oc12. The van der Waals surface area contributed by atoms with Crippen LogP contribution in [0.3, 0.4) is 0 Å². The van der Waals surface area contributed by atoms with Gasteiger partial charge in [0.05, 0.1) is 12.8 Å². The normalized spacial score (nSPS) is 11.1. The lowest BCUT2D eigenvalue weighted by atomic mass is 10.1. The van der Waals surface area contributed by atoms with Gasteiger partial charge in [-0.1, -0.05) is 24.3 Å². The molecule has 0 unspecified atom stereocenters. The van der Waals surface area contributed by atoms with Gasteiger partial charge in [-0.15, -0.1) is 10.2 Å². The predicted octanol–water partition coefficient (Wildman–Crippen LogP) is 3.47. The van der Waals surface area contributed by atoms with Crippen LogP contribution >= 0.6 is 0 Å². The van der Waals surface area contributed by atoms with E-state index in [1.807, 2.05) is 25.1 Å². The average Bonchev–Trinajstić information content (AvgIpc) is 3.18. The van der Waals surface area contributed by atoms with Gasteiger partial charge in [0.2, 0.25) is 0 Å². The summed E-state index contributed by atoms with van der Waals surface area (Å²) in [5.41, 5.74) is 2.09. The van der Waals surface area contributed by atoms with E-state index in [1.165, 1.54) is 13.2 Å². The molecule has 0 saturated carbocycles. The highest BCUT2D eigenvalue weighted by Gasteiger charge is 2.16. The van der Waals surface area contributed by atoms with E-state index < -0.39 is 11.5 Å². The molecule has 0 bridgehead atoms. The number of anilines is 1. The monoisotopic (exact) mass is 427 g/mol. The number of ether oxygens (including phenoxy) is 1. The molecule has 9 heteroatoms. The number of nitrogens with zero attached hydrogens (tertiary/aromatic N) is 4. The minimum Gasteiger partial charge on any atom is -0.493 e. The number of fused-ring (bicyclic) bond motifs is 2. The second kappa shape index (κ2) is 7.62. The van der Waals surface area contributed by atoms with E-state index in [4.69, 9.17) is 9.15 Å². The van der Waals surface area contributed by atoms with Crippen molar-refractivity contribution >= 4 is 28.2 Å². The Kier molecular flexibility index (Phi) is 4.63. The van der Waals surface area contributed by atoms with Crippen LogP contribution in [0, 0.1) is 6.92 Å². The van der Waals surface area contributed by atoms with Gasteiger partial charge in [0.15, 0.2) is 22.8 Å². The molecule has 0 aliphatic heterocycles. The molecule has 0 aliphatic carbocycles. The summed E-state index contributed by atoms with van der Waals surface area (Å²) in [4.78, 5) is 25.3. The molecule has 5 rings (SSSR count). The number of nitrogens with one attached hydrogen (secondary N) is 1. The lowest BCUT2D eigenvalue weighted by molar-refractivity contribution is 0.102. The Bertz CT molecular complexity index is 1550. The lowest BCUT2D eigenvalue weighted by Gasteiger charge is -2.08. The highest BCUT2D eigenvalue weighted by atomic mass is 16.5. The molecule has 3 heterocycles. The van der Waals surface area contributed by atoms with Crippen molar-refractivity contribution in [1.82, 2.24) is 19.8 Å². The molecule has 2 aromatic carbocycles. The Balaban J connectivity index is 1.46. The van der Waals surface area contributed by atoms with Gasteiger partial charge < -0.3 is 14.5 Å². The number of carbonyl (C=O) groups excluding carboxylic acids is 1. The third kappa shape index (κ3) is 3.35. The fourth-order valence-electron chi connectivity index (χ4n) is 3.44. The van der Waals surface area contributed by atoms with Crippen LogP contribution in [0.1, 0.15) is 16.2 Å². The molecule has 3 aromatic heterocycles. The molecule has 0 atom stereocenters. The summed E-state index contributed by atoms with van der Waals surface area (Å²) in [6.07, 6.45) is 0. The quantitative estimate of drug-likeness (QED) is 0.437. The Morgan fingerprint density at radius 1 is 1.06 bits per heavy atom. The molecule has 0 fully saturated rings. The van der Waals surface area contributed by atoms with Crippen LogP contribution in [0.5, 0.6) is 5.75 Å². The van der Waals surface area contributed by atoms with Crippen LogP contribution in [0.15, 0.2) is 69.9 Å². The van der Waals surface area contributed by atoms with Crippen molar-refractivity contribution in [2.45, 2.75) is 6.92 Å². The zero-order chi connectivity index (χ0) is 22.2. The van der Waals surface area contributed by atoms with Crippen LogP contribution in [0.25, 0.3) is 27.9 Å². The third-order valence-corrected chi connectivity index (χ3v) is 5.02. The molecule has 1 N–H and O–H groups in total. The number of carbonyl (C=O) groups is 1. The van der Waals surface area contributed by atoms with Crippen molar-refractivity contribution in [3.05, 3.63) is 82.5 Å². The molecule has 0 aliphatic rings. The van der Waals surface area contributed by atoms with Gasteiger partial charge in [0, 0.05) is 16.6 Å². The highest BCUT2D eigenvalue weighted by Crippen LogP contribution is 2.25. The summed E-state index contributed by atoms with van der Waals surface area (Å²) in [6, 6.07) is 17.5. The summed E-state index contributed by atoms with van der Waals surface area (Å²) in [5, 5.41) is 15.9. The van der Waals surface area contributed by atoms with Crippen LogP contribution < -0.4 is 15.7 Å². The summed E-state index contributed by atoms with van der Waals surface area (Å²) < 4.78 is 12.2. The molecule has 9 nitrogen and oxygen atoms in total. The predicted molar refractivity (Wildman–Crippen MR) is 118 cm³/mol. The summed E-state index contributed by atoms with van der Waals surface area (Å²) in [6.45, 7) is 1.82. The van der Waals surface area contributed by atoms with Gasteiger partial charge in [-0.3, -0.25) is 4.79 Å². The largest absolute Gasteiger partial charge is 0.493 e. The average molecular weight is 427 g/mol. The fourth-order valence-corrected chi connectivity index (χ4v) is 3.44. The van der Waals surface area contributed by atoms with Gasteiger partial charge in [0.25, 0.3) is 5.91 Å². The Morgan fingerprint density at radius 3 is 2.75 bits per heavy atom. The number of para-hydroxylation sites is 1. The summed E-state index contributed by atoms with van der Waals surface area (Å²) >= 11 is 0. The zero-order valence-corrected chi connectivity index (χ0v) is 17.2. The zero-order valence-electron chi connectivity index (χ0n) is 17.2. The molecule has 158 valence electrons. The maximum absolute atomic E-state index is 12.8. The highest BCUT2D eigenvalue weighted by molar-refractivity contribution is 6.05. The first kappa shape index (κ1) is 19.4. The number of hydrogen-bond donors (Lipinski definition) is 1. The van der Waals surface area contributed by atoms with Crippen molar-refractivity contribution in [3.63, 3.8) is 0 Å². The maximum Gasteiger partial charge on any atom is 0.349 e. The molecule has 0 spiro atoms. The minimum atomic E-state index is -0.745. The van der Waals surface area contributed by atoms with Crippen LogP contribution in [0.2, 0.25) is 0 Å². The number of aryl methyl sites for hydroxylation is 1. The number of amides is 1. The maximum atomic E-state index is 12.8.